The first-order valence-corrected chi connectivity index (χ1v) is 9.29. The summed E-state index contributed by atoms with van der Waals surface area (Å²) in [6, 6.07) is 13.1. The van der Waals surface area contributed by atoms with Gasteiger partial charge in [0.15, 0.2) is 18.1 Å². The summed E-state index contributed by atoms with van der Waals surface area (Å²) < 4.78 is 16.3. The van der Waals surface area contributed by atoms with Gasteiger partial charge in [0.2, 0.25) is 0 Å². The number of anilines is 1. The Kier molecular flexibility index (Phi) is 8.04. The molecule has 1 amide bonds. The lowest BCUT2D eigenvalue weighted by Gasteiger charge is -2.14. The molecule has 0 bridgehead atoms. The predicted molar refractivity (Wildman–Crippen MR) is 108 cm³/mol. The monoisotopic (exact) mass is 396 g/mol. The molecule has 0 aliphatic carbocycles. The number of nitrogens with zero attached hydrogens (tertiary/aromatic N) is 1. The molecule has 2 rings (SSSR count). The van der Waals surface area contributed by atoms with Crippen LogP contribution in [0, 0.1) is 17.2 Å². The molecule has 0 aliphatic heterocycles. The van der Waals surface area contributed by atoms with Crippen LogP contribution in [0.25, 0.3) is 0 Å². The van der Waals surface area contributed by atoms with Crippen molar-refractivity contribution in [3.63, 3.8) is 0 Å². The third-order valence-electron chi connectivity index (χ3n) is 3.68. The number of ether oxygens (including phenoxy) is 3. The van der Waals surface area contributed by atoms with E-state index >= 15 is 0 Å². The van der Waals surface area contributed by atoms with Crippen LogP contribution in [0.1, 0.15) is 36.7 Å². The van der Waals surface area contributed by atoms with Crippen molar-refractivity contribution in [1.82, 2.24) is 0 Å². The predicted octanol–water partition coefficient (Wildman–Crippen LogP) is 3.79. The molecule has 0 atom stereocenters. The molecular formula is C22H24N2O5. The highest BCUT2D eigenvalue weighted by atomic mass is 16.5. The fraction of sp³-hybridized carbons (Fsp3) is 0.318. The number of hydrogen-bond donors (Lipinski definition) is 1. The second-order valence-corrected chi connectivity index (χ2v) is 6.61. The number of nitrogens with one attached hydrogen (secondary N) is 1. The number of carbonyl (C=O) groups excluding carboxylic acids is 2. The van der Waals surface area contributed by atoms with E-state index in [2.05, 4.69) is 5.32 Å². The SMILES string of the molecule is CCOc1cc(C(=O)OCC(=O)Nc2ccc(C#N)cc2)ccc1OCC(C)C. The third kappa shape index (κ3) is 6.85. The summed E-state index contributed by atoms with van der Waals surface area (Å²) in [6.07, 6.45) is 0. The van der Waals surface area contributed by atoms with E-state index in [-0.39, 0.29) is 5.56 Å². The summed E-state index contributed by atoms with van der Waals surface area (Å²) in [5, 5.41) is 11.4. The van der Waals surface area contributed by atoms with Crippen LogP contribution in [0.5, 0.6) is 11.5 Å². The van der Waals surface area contributed by atoms with Gasteiger partial charge in [0.05, 0.1) is 30.4 Å². The first-order chi connectivity index (χ1) is 13.9. The maximum absolute atomic E-state index is 12.3. The van der Waals surface area contributed by atoms with Crippen LogP contribution in [-0.2, 0) is 9.53 Å². The van der Waals surface area contributed by atoms with E-state index in [9.17, 15) is 9.59 Å². The Morgan fingerprint density at radius 1 is 1.07 bits per heavy atom. The van der Waals surface area contributed by atoms with Crippen molar-refractivity contribution in [1.29, 1.82) is 5.26 Å². The van der Waals surface area contributed by atoms with Crippen LogP contribution < -0.4 is 14.8 Å². The molecule has 0 saturated heterocycles. The highest BCUT2D eigenvalue weighted by Gasteiger charge is 2.15. The molecule has 29 heavy (non-hydrogen) atoms. The Morgan fingerprint density at radius 3 is 2.41 bits per heavy atom. The van der Waals surface area contributed by atoms with Crippen molar-refractivity contribution >= 4 is 17.6 Å². The van der Waals surface area contributed by atoms with Crippen molar-refractivity contribution in [2.75, 3.05) is 25.1 Å². The Labute approximate surface area is 170 Å². The first-order valence-electron chi connectivity index (χ1n) is 9.29. The van der Waals surface area contributed by atoms with Gasteiger partial charge in [-0.15, -0.1) is 0 Å². The largest absolute Gasteiger partial charge is 0.490 e. The lowest BCUT2D eigenvalue weighted by molar-refractivity contribution is -0.119. The Bertz CT molecular complexity index is 885. The summed E-state index contributed by atoms with van der Waals surface area (Å²) in [5.41, 5.74) is 1.26. The van der Waals surface area contributed by atoms with Crippen molar-refractivity contribution in [2.45, 2.75) is 20.8 Å². The molecule has 0 radical (unpaired) electrons. The van der Waals surface area contributed by atoms with Crippen molar-refractivity contribution in [3.05, 3.63) is 53.6 Å². The normalized spacial score (nSPS) is 10.2. The molecule has 0 spiro atoms. The van der Waals surface area contributed by atoms with Crippen molar-refractivity contribution in [2.24, 2.45) is 5.92 Å². The maximum Gasteiger partial charge on any atom is 0.338 e. The molecule has 0 saturated carbocycles. The van der Waals surface area contributed by atoms with Gasteiger partial charge < -0.3 is 19.5 Å². The van der Waals surface area contributed by atoms with Gasteiger partial charge in [-0.1, -0.05) is 13.8 Å². The van der Waals surface area contributed by atoms with Gasteiger partial charge in [-0.25, -0.2) is 4.79 Å². The van der Waals surface area contributed by atoms with Crippen LogP contribution in [-0.4, -0.2) is 31.7 Å². The average molecular weight is 396 g/mol. The molecule has 152 valence electrons. The number of nitriles is 1. The maximum atomic E-state index is 12.3. The minimum absolute atomic E-state index is 0.261. The number of rotatable bonds is 9. The molecule has 2 aromatic carbocycles. The minimum Gasteiger partial charge on any atom is -0.490 e. The van der Waals surface area contributed by atoms with Gasteiger partial charge in [0.1, 0.15) is 0 Å². The zero-order valence-electron chi connectivity index (χ0n) is 16.7. The summed E-state index contributed by atoms with van der Waals surface area (Å²) in [5.74, 6) is 0.227. The average Bonchev–Trinajstić information content (AvgIpc) is 2.71. The number of amides is 1. The second kappa shape index (κ2) is 10.7. The lowest BCUT2D eigenvalue weighted by Crippen LogP contribution is -2.21. The van der Waals surface area contributed by atoms with Gasteiger partial charge in [-0.05, 0) is 55.3 Å². The van der Waals surface area contributed by atoms with E-state index in [1.165, 1.54) is 0 Å². The van der Waals surface area contributed by atoms with Crippen molar-refractivity contribution < 1.29 is 23.8 Å². The van der Waals surface area contributed by atoms with E-state index in [1.807, 2.05) is 26.8 Å². The fourth-order valence-corrected chi connectivity index (χ4v) is 2.32. The molecule has 2 aromatic rings. The molecule has 0 aromatic heterocycles. The standard InChI is InChI=1S/C22H24N2O5/c1-4-27-20-11-17(7-10-19(20)28-13-15(2)3)22(26)29-14-21(25)24-18-8-5-16(12-23)6-9-18/h5-11,15H,4,13-14H2,1-3H3,(H,24,25). The van der Waals surface area contributed by atoms with Gasteiger partial charge >= 0.3 is 5.97 Å². The molecule has 0 aliphatic rings. The zero-order valence-corrected chi connectivity index (χ0v) is 16.7. The summed E-state index contributed by atoms with van der Waals surface area (Å²) >= 11 is 0. The van der Waals surface area contributed by atoms with Gasteiger partial charge in [0, 0.05) is 5.69 Å². The Hall–Kier alpha value is -3.53. The van der Waals surface area contributed by atoms with E-state index in [0.29, 0.717) is 41.9 Å². The van der Waals surface area contributed by atoms with Gasteiger partial charge in [-0.2, -0.15) is 5.26 Å². The molecule has 0 heterocycles. The highest BCUT2D eigenvalue weighted by Crippen LogP contribution is 2.29. The topological polar surface area (TPSA) is 97.6 Å². The van der Waals surface area contributed by atoms with Crippen LogP contribution in [0.15, 0.2) is 42.5 Å². The molecule has 1 N–H and O–H groups in total. The van der Waals surface area contributed by atoms with Gasteiger partial charge in [-0.3, -0.25) is 4.79 Å². The molecule has 7 nitrogen and oxygen atoms in total. The quantitative estimate of drug-likeness (QED) is 0.648. The van der Waals surface area contributed by atoms with Crippen LogP contribution in [0.2, 0.25) is 0 Å². The van der Waals surface area contributed by atoms with Gasteiger partial charge in [0.25, 0.3) is 5.91 Å². The molecule has 0 unspecified atom stereocenters. The van der Waals surface area contributed by atoms with Crippen LogP contribution in [0.4, 0.5) is 5.69 Å². The smallest absolute Gasteiger partial charge is 0.338 e. The number of carbonyl (C=O) groups is 2. The summed E-state index contributed by atoms with van der Waals surface area (Å²) in [6.45, 7) is 6.42. The number of benzene rings is 2. The minimum atomic E-state index is -0.642. The molecule has 0 fully saturated rings. The molecule has 7 heteroatoms. The Morgan fingerprint density at radius 2 is 1.79 bits per heavy atom. The number of hydrogen-bond acceptors (Lipinski definition) is 6. The van der Waals surface area contributed by atoms with E-state index in [4.69, 9.17) is 19.5 Å². The highest BCUT2D eigenvalue weighted by molar-refractivity contribution is 5.95. The third-order valence-corrected chi connectivity index (χ3v) is 3.68. The van der Waals surface area contributed by atoms with Crippen molar-refractivity contribution in [3.8, 4) is 17.6 Å². The van der Waals surface area contributed by atoms with E-state index in [1.54, 1.807) is 42.5 Å². The first kappa shape index (κ1) is 21.8. The number of esters is 1. The fourth-order valence-electron chi connectivity index (χ4n) is 2.32. The Balaban J connectivity index is 1.95. The van der Waals surface area contributed by atoms with Crippen LogP contribution in [0.3, 0.4) is 0 Å². The zero-order chi connectivity index (χ0) is 21.2. The lowest BCUT2D eigenvalue weighted by atomic mass is 10.2. The van der Waals surface area contributed by atoms with E-state index < -0.39 is 18.5 Å². The second-order valence-electron chi connectivity index (χ2n) is 6.61. The summed E-state index contributed by atoms with van der Waals surface area (Å²) in [4.78, 5) is 24.3. The van der Waals surface area contributed by atoms with Crippen LogP contribution >= 0.6 is 0 Å². The summed E-state index contributed by atoms with van der Waals surface area (Å²) in [7, 11) is 0. The molecular weight excluding hydrogens is 372 g/mol. The van der Waals surface area contributed by atoms with E-state index in [0.717, 1.165) is 0 Å².